The van der Waals surface area contributed by atoms with Gasteiger partial charge in [-0.15, -0.1) is 11.6 Å². The minimum absolute atomic E-state index is 0.167. The Hall–Kier alpha value is -1.27. The molecule has 1 aromatic rings. The predicted molar refractivity (Wildman–Crippen MR) is 80.1 cm³/mol. The van der Waals surface area contributed by atoms with E-state index in [4.69, 9.17) is 16.3 Å². The van der Waals surface area contributed by atoms with Crippen molar-refractivity contribution in [3.05, 3.63) is 29.3 Å². The molecule has 22 heavy (non-hydrogen) atoms. The number of anilines is 1. The van der Waals surface area contributed by atoms with E-state index >= 15 is 0 Å². The van der Waals surface area contributed by atoms with Crippen LogP contribution < -0.4 is 4.90 Å². The molecule has 1 amide bonds. The predicted octanol–water partition coefficient (Wildman–Crippen LogP) is 4.22. The minimum atomic E-state index is -4.56. The molecular formula is C15H19ClF3NO2. The number of hydrogen-bond donors (Lipinski definition) is 0. The standard InChI is InChI=1S/C15H19ClF3NO2/c1-3-8-22-10-20(13(21)9-16)14-11(4-2)6-5-7-12(14)15(17,18)19/h5-7H,3-4,8-10H2,1-2H3. The summed E-state index contributed by atoms with van der Waals surface area (Å²) in [6.07, 6.45) is -3.50. The molecule has 0 fully saturated rings. The molecule has 0 aliphatic heterocycles. The van der Waals surface area contributed by atoms with Gasteiger partial charge in [0.1, 0.15) is 12.6 Å². The lowest BCUT2D eigenvalue weighted by molar-refractivity contribution is -0.137. The Labute approximate surface area is 133 Å². The van der Waals surface area contributed by atoms with Crippen molar-refractivity contribution in [2.75, 3.05) is 24.1 Å². The number of aryl methyl sites for hydroxylation is 1. The van der Waals surface area contributed by atoms with E-state index in [2.05, 4.69) is 0 Å². The molecule has 0 spiro atoms. The quantitative estimate of drug-likeness (QED) is 0.423. The summed E-state index contributed by atoms with van der Waals surface area (Å²) in [5, 5.41) is 0. The average Bonchev–Trinajstić information content (AvgIpc) is 2.49. The molecule has 1 aromatic carbocycles. The number of carbonyl (C=O) groups is 1. The van der Waals surface area contributed by atoms with Crippen molar-refractivity contribution in [1.82, 2.24) is 0 Å². The van der Waals surface area contributed by atoms with Crippen LogP contribution in [-0.2, 0) is 22.1 Å². The van der Waals surface area contributed by atoms with Crippen LogP contribution in [0.1, 0.15) is 31.4 Å². The molecule has 7 heteroatoms. The van der Waals surface area contributed by atoms with Crippen LogP contribution in [0.3, 0.4) is 0 Å². The third kappa shape index (κ3) is 4.61. The minimum Gasteiger partial charge on any atom is -0.361 e. The van der Waals surface area contributed by atoms with Crippen LogP contribution in [0.15, 0.2) is 18.2 Å². The Morgan fingerprint density at radius 1 is 1.32 bits per heavy atom. The lowest BCUT2D eigenvalue weighted by Gasteiger charge is -2.27. The summed E-state index contributed by atoms with van der Waals surface area (Å²) < 4.78 is 45.1. The first-order valence-electron chi connectivity index (χ1n) is 6.99. The highest BCUT2D eigenvalue weighted by Gasteiger charge is 2.37. The number of halogens is 4. The highest BCUT2D eigenvalue weighted by atomic mass is 35.5. The third-order valence-electron chi connectivity index (χ3n) is 3.06. The SMILES string of the molecule is CCCOCN(C(=O)CCl)c1c(CC)cccc1C(F)(F)F. The first kappa shape index (κ1) is 18.8. The van der Waals surface area contributed by atoms with Crippen molar-refractivity contribution in [2.24, 2.45) is 0 Å². The van der Waals surface area contributed by atoms with Crippen LogP contribution in [-0.4, -0.2) is 25.1 Å². The highest BCUT2D eigenvalue weighted by Crippen LogP contribution is 2.39. The molecule has 0 saturated carbocycles. The summed E-state index contributed by atoms with van der Waals surface area (Å²) in [5.41, 5.74) is -0.599. The van der Waals surface area contributed by atoms with Gasteiger partial charge in [-0.1, -0.05) is 26.0 Å². The van der Waals surface area contributed by atoms with Crippen LogP contribution in [0.4, 0.5) is 18.9 Å². The summed E-state index contributed by atoms with van der Waals surface area (Å²) in [6, 6.07) is 3.86. The lowest BCUT2D eigenvalue weighted by atomic mass is 10.0. The van der Waals surface area contributed by atoms with Crippen LogP contribution in [0, 0.1) is 0 Å². The molecule has 0 radical (unpaired) electrons. The molecule has 3 nitrogen and oxygen atoms in total. The number of para-hydroxylation sites is 1. The Bertz CT molecular complexity index is 506. The molecule has 0 aliphatic rings. The Balaban J connectivity index is 3.34. The van der Waals surface area contributed by atoms with Gasteiger partial charge in [0.25, 0.3) is 0 Å². The zero-order chi connectivity index (χ0) is 16.8. The van der Waals surface area contributed by atoms with E-state index < -0.39 is 23.5 Å². The monoisotopic (exact) mass is 337 g/mol. The van der Waals surface area contributed by atoms with E-state index in [1.54, 1.807) is 13.0 Å². The second kappa shape index (κ2) is 8.39. The number of rotatable bonds is 7. The zero-order valence-electron chi connectivity index (χ0n) is 12.5. The van der Waals surface area contributed by atoms with Crippen molar-refractivity contribution in [1.29, 1.82) is 0 Å². The van der Waals surface area contributed by atoms with Gasteiger partial charge in [0.05, 0.1) is 11.3 Å². The van der Waals surface area contributed by atoms with Gasteiger partial charge in [-0.25, -0.2) is 0 Å². The maximum atomic E-state index is 13.3. The molecule has 0 N–H and O–H groups in total. The van der Waals surface area contributed by atoms with Gasteiger partial charge in [0.15, 0.2) is 0 Å². The second-order valence-corrected chi connectivity index (χ2v) is 4.92. The molecule has 0 heterocycles. The Kier molecular flexibility index (Phi) is 7.16. The Morgan fingerprint density at radius 2 is 2.00 bits per heavy atom. The topological polar surface area (TPSA) is 29.5 Å². The van der Waals surface area contributed by atoms with E-state index in [-0.39, 0.29) is 12.4 Å². The molecule has 0 aromatic heterocycles. The van der Waals surface area contributed by atoms with Gasteiger partial charge in [0.2, 0.25) is 5.91 Å². The summed E-state index contributed by atoms with van der Waals surface area (Å²) in [5.74, 6) is -1.03. The molecule has 1 rings (SSSR count). The van der Waals surface area contributed by atoms with E-state index in [9.17, 15) is 18.0 Å². The molecular weight excluding hydrogens is 319 g/mol. The van der Waals surface area contributed by atoms with Crippen LogP contribution in [0.2, 0.25) is 0 Å². The fraction of sp³-hybridized carbons (Fsp3) is 0.533. The van der Waals surface area contributed by atoms with Gasteiger partial charge < -0.3 is 4.74 Å². The average molecular weight is 338 g/mol. The number of amides is 1. The van der Waals surface area contributed by atoms with E-state index in [1.165, 1.54) is 6.07 Å². The molecule has 0 bridgehead atoms. The smallest absolute Gasteiger partial charge is 0.361 e. The number of carbonyl (C=O) groups excluding carboxylic acids is 1. The largest absolute Gasteiger partial charge is 0.418 e. The van der Waals surface area contributed by atoms with Crippen molar-refractivity contribution >= 4 is 23.2 Å². The second-order valence-electron chi connectivity index (χ2n) is 4.66. The number of alkyl halides is 4. The summed E-state index contributed by atoms with van der Waals surface area (Å²) >= 11 is 5.54. The highest BCUT2D eigenvalue weighted by molar-refractivity contribution is 6.29. The maximum Gasteiger partial charge on any atom is 0.418 e. The van der Waals surface area contributed by atoms with Crippen LogP contribution >= 0.6 is 11.6 Å². The third-order valence-corrected chi connectivity index (χ3v) is 3.29. The molecule has 0 saturated heterocycles. The van der Waals surface area contributed by atoms with Gasteiger partial charge in [0, 0.05) is 6.61 Å². The van der Waals surface area contributed by atoms with Crippen molar-refractivity contribution in [2.45, 2.75) is 32.9 Å². The molecule has 0 atom stereocenters. The van der Waals surface area contributed by atoms with Crippen LogP contribution in [0.25, 0.3) is 0 Å². The fourth-order valence-electron chi connectivity index (χ4n) is 2.06. The van der Waals surface area contributed by atoms with Crippen molar-refractivity contribution in [3.63, 3.8) is 0 Å². The maximum absolute atomic E-state index is 13.3. The molecule has 0 unspecified atom stereocenters. The van der Waals surface area contributed by atoms with Gasteiger partial charge in [-0.3, -0.25) is 9.69 Å². The number of nitrogens with zero attached hydrogens (tertiary/aromatic N) is 1. The summed E-state index contributed by atoms with van der Waals surface area (Å²) in [6.45, 7) is 3.70. The Morgan fingerprint density at radius 3 is 2.50 bits per heavy atom. The summed E-state index contributed by atoms with van der Waals surface area (Å²) in [4.78, 5) is 13.0. The fourth-order valence-corrected chi connectivity index (χ4v) is 2.20. The van der Waals surface area contributed by atoms with Gasteiger partial charge in [-0.05, 0) is 24.5 Å². The van der Waals surface area contributed by atoms with Gasteiger partial charge in [-0.2, -0.15) is 13.2 Å². The first-order chi connectivity index (χ1) is 10.4. The van der Waals surface area contributed by atoms with E-state index in [1.807, 2.05) is 6.92 Å². The zero-order valence-corrected chi connectivity index (χ0v) is 13.3. The lowest BCUT2D eigenvalue weighted by Crippen LogP contribution is -2.36. The number of hydrogen-bond acceptors (Lipinski definition) is 2. The molecule has 0 aliphatic carbocycles. The number of ether oxygens (including phenoxy) is 1. The summed E-state index contributed by atoms with van der Waals surface area (Å²) in [7, 11) is 0. The van der Waals surface area contributed by atoms with Gasteiger partial charge >= 0.3 is 6.18 Å². The normalized spacial score (nSPS) is 11.5. The van der Waals surface area contributed by atoms with Crippen molar-refractivity contribution < 1.29 is 22.7 Å². The van der Waals surface area contributed by atoms with E-state index in [0.29, 0.717) is 25.0 Å². The molecule has 124 valence electrons. The van der Waals surface area contributed by atoms with Crippen LogP contribution in [0.5, 0.6) is 0 Å². The first-order valence-corrected chi connectivity index (χ1v) is 7.53. The number of benzene rings is 1. The van der Waals surface area contributed by atoms with Crippen molar-refractivity contribution in [3.8, 4) is 0 Å². The van der Waals surface area contributed by atoms with E-state index in [0.717, 1.165) is 11.0 Å².